The van der Waals surface area contributed by atoms with Crippen molar-refractivity contribution in [1.29, 1.82) is 0 Å². The summed E-state index contributed by atoms with van der Waals surface area (Å²) in [5, 5.41) is 17.8. The summed E-state index contributed by atoms with van der Waals surface area (Å²) >= 11 is 0. The van der Waals surface area contributed by atoms with Gasteiger partial charge >= 0.3 is 80.9 Å². The van der Waals surface area contributed by atoms with Gasteiger partial charge in [0.2, 0.25) is 0 Å². The van der Waals surface area contributed by atoms with E-state index >= 15 is 0 Å². The van der Waals surface area contributed by atoms with Crippen molar-refractivity contribution in [2.75, 3.05) is 13.7 Å². The molecule has 0 aromatic carbocycles. The van der Waals surface area contributed by atoms with Gasteiger partial charge in [0.1, 0.15) is 0 Å². The molecule has 0 aliphatic rings. The molecule has 0 radical (unpaired) electrons. The van der Waals surface area contributed by atoms with Crippen molar-refractivity contribution in [2.45, 2.75) is 19.8 Å². The maximum Gasteiger partial charge on any atom is 1.00 e. The number of hydrogen-bond acceptors (Lipinski definition) is 2. The molecular formula is C5H12KNaO2. The first kappa shape index (κ1) is 22.6. The summed E-state index contributed by atoms with van der Waals surface area (Å²) in [5.74, 6) is 0. The third-order valence-electron chi connectivity index (χ3n) is 0.498. The van der Waals surface area contributed by atoms with Crippen molar-refractivity contribution >= 4 is 0 Å². The van der Waals surface area contributed by atoms with Gasteiger partial charge in [0.15, 0.2) is 0 Å². The Morgan fingerprint density at radius 1 is 1.22 bits per heavy atom. The average molecular weight is 166 g/mol. The van der Waals surface area contributed by atoms with Crippen LogP contribution < -0.4 is 91.2 Å². The first-order valence-electron chi connectivity index (χ1n) is 2.40. The van der Waals surface area contributed by atoms with Crippen LogP contribution in [0.5, 0.6) is 0 Å². The van der Waals surface area contributed by atoms with Crippen molar-refractivity contribution < 1.29 is 91.2 Å². The molecule has 2 nitrogen and oxygen atoms in total. The van der Waals surface area contributed by atoms with E-state index in [9.17, 15) is 5.11 Å². The molecule has 0 aromatic heterocycles. The molecule has 46 valence electrons. The van der Waals surface area contributed by atoms with Crippen LogP contribution in [0.1, 0.15) is 19.8 Å². The van der Waals surface area contributed by atoms with E-state index in [0.717, 1.165) is 20.0 Å². The van der Waals surface area contributed by atoms with Gasteiger partial charge in [0.25, 0.3) is 0 Å². The Morgan fingerprint density at radius 3 is 1.56 bits per heavy atom. The molecule has 0 atom stereocenters. The molecule has 0 fully saturated rings. The third kappa shape index (κ3) is 37.2. The number of rotatable bonds is 2. The molecule has 0 spiro atoms. The van der Waals surface area contributed by atoms with E-state index in [1.165, 1.54) is 0 Å². The molecule has 0 aliphatic heterocycles. The fourth-order valence-electron chi connectivity index (χ4n) is 0.144. The molecule has 0 amide bonds. The second-order valence-electron chi connectivity index (χ2n) is 1.06. The van der Waals surface area contributed by atoms with E-state index < -0.39 is 0 Å². The van der Waals surface area contributed by atoms with Gasteiger partial charge in [-0.1, -0.05) is 19.8 Å². The Kier molecular flexibility index (Phi) is 78.3. The first-order valence-corrected chi connectivity index (χ1v) is 2.40. The third-order valence-corrected chi connectivity index (χ3v) is 0.498. The maximum atomic E-state index is 9.53. The summed E-state index contributed by atoms with van der Waals surface area (Å²) < 4.78 is 0. The van der Waals surface area contributed by atoms with E-state index in [1.54, 1.807) is 0 Å². The van der Waals surface area contributed by atoms with E-state index in [2.05, 4.69) is 0 Å². The SMILES string of the molecule is CCCC[O-].C[O-].[K+].[Na+]. The van der Waals surface area contributed by atoms with Crippen LogP contribution in [-0.4, -0.2) is 13.7 Å². The van der Waals surface area contributed by atoms with Crippen molar-refractivity contribution in [2.24, 2.45) is 0 Å². The van der Waals surface area contributed by atoms with Crippen LogP contribution in [0.25, 0.3) is 0 Å². The summed E-state index contributed by atoms with van der Waals surface area (Å²) in [5.41, 5.74) is 0. The van der Waals surface area contributed by atoms with Crippen LogP contribution in [0.3, 0.4) is 0 Å². The minimum Gasteiger partial charge on any atom is -0.857 e. The first-order chi connectivity index (χ1) is 3.41. The van der Waals surface area contributed by atoms with Crippen LogP contribution in [0.15, 0.2) is 0 Å². The molecule has 0 rings (SSSR count). The molecular weight excluding hydrogens is 154 g/mol. The Balaban J connectivity index is -0.0000000286. The predicted octanol–water partition coefficient (Wildman–Crippen LogP) is -6.87. The van der Waals surface area contributed by atoms with Crippen LogP contribution in [0.4, 0.5) is 0 Å². The largest absolute Gasteiger partial charge is 1.00 e. The van der Waals surface area contributed by atoms with Crippen molar-refractivity contribution in [3.63, 3.8) is 0 Å². The molecule has 0 unspecified atom stereocenters. The minimum atomic E-state index is 0. The van der Waals surface area contributed by atoms with Crippen LogP contribution in [0, 0.1) is 0 Å². The smallest absolute Gasteiger partial charge is 0.857 e. The second-order valence-corrected chi connectivity index (χ2v) is 1.06. The van der Waals surface area contributed by atoms with E-state index in [4.69, 9.17) is 5.11 Å². The number of hydrogen-bond donors (Lipinski definition) is 0. The van der Waals surface area contributed by atoms with Gasteiger partial charge in [-0.3, -0.25) is 0 Å². The van der Waals surface area contributed by atoms with Gasteiger partial charge in [0.05, 0.1) is 0 Å². The molecule has 0 saturated heterocycles. The van der Waals surface area contributed by atoms with Crippen molar-refractivity contribution in [3.8, 4) is 0 Å². The van der Waals surface area contributed by atoms with Crippen LogP contribution in [0.2, 0.25) is 0 Å². The second kappa shape index (κ2) is 31.2. The Hall–Kier alpha value is 2.56. The van der Waals surface area contributed by atoms with E-state index in [-0.39, 0.29) is 87.5 Å². The topological polar surface area (TPSA) is 46.1 Å². The normalized spacial score (nSPS) is 5.33. The van der Waals surface area contributed by atoms with E-state index in [0.29, 0.717) is 0 Å². The zero-order chi connectivity index (χ0) is 6.12. The van der Waals surface area contributed by atoms with Gasteiger partial charge in [-0.05, 0) is 0 Å². The Bertz CT molecular complexity index is 22.4. The van der Waals surface area contributed by atoms with Gasteiger partial charge < -0.3 is 10.2 Å². The quantitative estimate of drug-likeness (QED) is 0.383. The summed E-state index contributed by atoms with van der Waals surface area (Å²) in [7, 11) is 0.750. The average Bonchev–Trinajstić information content (AvgIpc) is 1.75. The molecule has 0 N–H and O–H groups in total. The van der Waals surface area contributed by atoms with Gasteiger partial charge in [0, 0.05) is 0 Å². The van der Waals surface area contributed by atoms with Gasteiger partial charge in [-0.15, -0.1) is 6.61 Å². The van der Waals surface area contributed by atoms with Crippen LogP contribution in [-0.2, 0) is 0 Å². The zero-order valence-electron chi connectivity index (χ0n) is 6.94. The summed E-state index contributed by atoms with van der Waals surface area (Å²) in [6, 6.07) is 0. The minimum absolute atomic E-state index is 0. The standard InChI is InChI=1S/C4H9O.CH3O.K.Na/c1-2-3-4-5;1-2;;/h2-4H2,1H3;1H3;;/q2*-1;2*+1. The summed E-state index contributed by atoms with van der Waals surface area (Å²) in [4.78, 5) is 0. The monoisotopic (exact) mass is 166 g/mol. The Morgan fingerprint density at radius 2 is 1.56 bits per heavy atom. The molecule has 4 heteroatoms. The maximum absolute atomic E-state index is 9.53. The predicted molar refractivity (Wildman–Crippen MR) is 25.7 cm³/mol. The molecule has 0 aliphatic carbocycles. The summed E-state index contributed by atoms with van der Waals surface area (Å²) in [6.45, 7) is 2.11. The summed E-state index contributed by atoms with van der Waals surface area (Å²) in [6.07, 6.45) is 1.86. The van der Waals surface area contributed by atoms with Crippen molar-refractivity contribution in [3.05, 3.63) is 0 Å². The molecule has 0 saturated carbocycles. The van der Waals surface area contributed by atoms with Crippen molar-refractivity contribution in [1.82, 2.24) is 0 Å². The van der Waals surface area contributed by atoms with E-state index in [1.807, 2.05) is 6.92 Å². The Labute approximate surface area is 122 Å². The fraction of sp³-hybridized carbons (Fsp3) is 1.00. The molecule has 0 aromatic rings. The van der Waals surface area contributed by atoms with Gasteiger partial charge in [-0.25, -0.2) is 0 Å². The fourth-order valence-corrected chi connectivity index (χ4v) is 0.144. The molecule has 0 heterocycles. The van der Waals surface area contributed by atoms with Gasteiger partial charge in [-0.2, -0.15) is 7.11 Å². The zero-order valence-corrected chi connectivity index (χ0v) is 12.1. The molecule has 0 bridgehead atoms. The van der Waals surface area contributed by atoms with Crippen LogP contribution >= 0.6 is 0 Å². The number of unbranched alkanes of at least 4 members (excludes halogenated alkanes) is 1. The molecule has 9 heavy (non-hydrogen) atoms.